The van der Waals surface area contributed by atoms with E-state index in [4.69, 9.17) is 0 Å². The van der Waals surface area contributed by atoms with Crippen molar-refractivity contribution in [2.45, 2.75) is 19.3 Å². The molecule has 1 saturated heterocycles. The Balaban J connectivity index is 1.51. The van der Waals surface area contributed by atoms with Gasteiger partial charge in [-0.05, 0) is 69.1 Å². The monoisotopic (exact) mass is 358 g/mol. The van der Waals surface area contributed by atoms with E-state index in [1.165, 1.54) is 12.2 Å². The Morgan fingerprint density at radius 2 is 2.20 bits per heavy atom. The van der Waals surface area contributed by atoms with Crippen molar-refractivity contribution < 1.29 is 4.79 Å². The number of nitrogens with one attached hydrogen (secondary N) is 2. The van der Waals surface area contributed by atoms with E-state index in [1.54, 1.807) is 6.20 Å². The van der Waals surface area contributed by atoms with Crippen LogP contribution in [0.3, 0.4) is 0 Å². The van der Waals surface area contributed by atoms with Gasteiger partial charge in [0.15, 0.2) is 0 Å². The smallest absolute Gasteiger partial charge is 0.227 e. The fourth-order valence-electron chi connectivity index (χ4n) is 3.28. The summed E-state index contributed by atoms with van der Waals surface area (Å²) in [6.07, 6.45) is 7.01. The zero-order chi connectivity index (χ0) is 17.5. The quantitative estimate of drug-likeness (QED) is 0.744. The molecular weight excluding hydrogens is 332 g/mol. The molecule has 6 heteroatoms. The molecule has 2 heterocycles. The molecule has 1 fully saturated rings. The average Bonchev–Trinajstić information content (AvgIpc) is 3.17. The molecule has 1 aromatic carbocycles. The summed E-state index contributed by atoms with van der Waals surface area (Å²) >= 11 is 1.90. The summed E-state index contributed by atoms with van der Waals surface area (Å²) in [6, 6.07) is 9.82. The minimum Gasteiger partial charge on any atom is -0.326 e. The minimum atomic E-state index is 0.118. The van der Waals surface area contributed by atoms with E-state index in [1.807, 2.05) is 42.1 Å². The zero-order valence-electron chi connectivity index (χ0n) is 14.7. The summed E-state index contributed by atoms with van der Waals surface area (Å²) in [7, 11) is 0. The van der Waals surface area contributed by atoms with Crippen LogP contribution in [0.4, 0.5) is 5.69 Å². The number of amides is 1. The van der Waals surface area contributed by atoms with E-state index >= 15 is 0 Å². The number of piperidine rings is 1. The van der Waals surface area contributed by atoms with Crippen LogP contribution in [-0.2, 0) is 4.79 Å². The van der Waals surface area contributed by atoms with Gasteiger partial charge in [0.1, 0.15) is 0 Å². The second-order valence-corrected chi connectivity index (χ2v) is 7.49. The highest BCUT2D eigenvalue weighted by Gasteiger charge is 2.24. The summed E-state index contributed by atoms with van der Waals surface area (Å²) in [6.45, 7) is 3.21. The summed E-state index contributed by atoms with van der Waals surface area (Å²) in [5.74, 6) is 1.48. The van der Waals surface area contributed by atoms with Gasteiger partial charge in [-0.1, -0.05) is 12.1 Å². The van der Waals surface area contributed by atoms with Crippen molar-refractivity contribution in [3.05, 3.63) is 36.5 Å². The average molecular weight is 359 g/mol. The lowest BCUT2D eigenvalue weighted by atomic mass is 9.95. The Morgan fingerprint density at radius 3 is 2.92 bits per heavy atom. The number of aromatic amines is 1. The molecule has 2 N–H and O–H groups in total. The molecule has 0 aliphatic carbocycles. The molecule has 0 spiro atoms. The molecule has 5 nitrogen and oxygen atoms in total. The standard InChI is InChI=1S/C19H26N4OS/c1-25-13-3-10-23-11-7-15(8-12-23)19(24)21-17-5-2-4-16(14-17)18-6-9-20-22-18/h2,4-6,9,14-15H,3,7-8,10-13H2,1H3,(H,20,22)(H,21,24). The van der Waals surface area contributed by atoms with Gasteiger partial charge >= 0.3 is 0 Å². The molecular formula is C19H26N4OS. The van der Waals surface area contributed by atoms with Crippen LogP contribution in [0.5, 0.6) is 0 Å². The van der Waals surface area contributed by atoms with Crippen molar-refractivity contribution in [2.75, 3.05) is 37.0 Å². The first kappa shape index (κ1) is 18.0. The lowest BCUT2D eigenvalue weighted by Crippen LogP contribution is -2.38. The molecule has 25 heavy (non-hydrogen) atoms. The van der Waals surface area contributed by atoms with Crippen LogP contribution in [0.1, 0.15) is 19.3 Å². The summed E-state index contributed by atoms with van der Waals surface area (Å²) in [5.41, 5.74) is 2.83. The van der Waals surface area contributed by atoms with Crippen LogP contribution >= 0.6 is 11.8 Å². The number of nitrogens with zero attached hydrogens (tertiary/aromatic N) is 2. The number of likely N-dealkylation sites (tertiary alicyclic amines) is 1. The number of benzene rings is 1. The first-order chi connectivity index (χ1) is 12.3. The number of carbonyl (C=O) groups excluding carboxylic acids is 1. The number of thioether (sulfide) groups is 1. The number of hydrogen-bond donors (Lipinski definition) is 2. The molecule has 0 radical (unpaired) electrons. The second-order valence-electron chi connectivity index (χ2n) is 6.50. The first-order valence-electron chi connectivity index (χ1n) is 8.88. The first-order valence-corrected chi connectivity index (χ1v) is 10.3. The normalized spacial score (nSPS) is 16.0. The third-order valence-corrected chi connectivity index (χ3v) is 5.42. The number of hydrogen-bond acceptors (Lipinski definition) is 4. The molecule has 0 atom stereocenters. The van der Waals surface area contributed by atoms with Gasteiger partial charge < -0.3 is 10.2 Å². The molecule has 1 aliphatic rings. The number of rotatable bonds is 7. The van der Waals surface area contributed by atoms with Crippen LogP contribution in [0.15, 0.2) is 36.5 Å². The van der Waals surface area contributed by atoms with Crippen molar-refractivity contribution in [2.24, 2.45) is 5.92 Å². The Labute approximate surface area is 153 Å². The molecule has 134 valence electrons. The maximum Gasteiger partial charge on any atom is 0.227 e. The number of H-pyrrole nitrogens is 1. The highest BCUT2D eigenvalue weighted by Crippen LogP contribution is 2.23. The van der Waals surface area contributed by atoms with Crippen molar-refractivity contribution >= 4 is 23.4 Å². The SMILES string of the molecule is CSCCCN1CCC(C(=O)Nc2cccc(-c3ccn[nH]3)c2)CC1. The molecule has 0 saturated carbocycles. The van der Waals surface area contributed by atoms with Crippen molar-refractivity contribution in [3.8, 4) is 11.3 Å². The maximum atomic E-state index is 12.6. The summed E-state index contributed by atoms with van der Waals surface area (Å²) in [4.78, 5) is 15.1. The van der Waals surface area contributed by atoms with Gasteiger partial charge in [-0.25, -0.2) is 0 Å². The lowest BCUT2D eigenvalue weighted by Gasteiger charge is -2.31. The third kappa shape index (κ3) is 5.09. The van der Waals surface area contributed by atoms with Gasteiger partial charge in [0, 0.05) is 23.4 Å². The minimum absolute atomic E-state index is 0.118. The summed E-state index contributed by atoms with van der Waals surface area (Å²) < 4.78 is 0. The van der Waals surface area contributed by atoms with E-state index in [-0.39, 0.29) is 11.8 Å². The van der Waals surface area contributed by atoms with Crippen molar-refractivity contribution in [3.63, 3.8) is 0 Å². The lowest BCUT2D eigenvalue weighted by molar-refractivity contribution is -0.121. The zero-order valence-corrected chi connectivity index (χ0v) is 15.5. The van der Waals surface area contributed by atoms with Crippen LogP contribution in [0.25, 0.3) is 11.3 Å². The molecule has 0 unspecified atom stereocenters. The van der Waals surface area contributed by atoms with Crippen LogP contribution < -0.4 is 5.32 Å². The van der Waals surface area contributed by atoms with Gasteiger partial charge in [0.2, 0.25) is 5.91 Å². The highest BCUT2D eigenvalue weighted by atomic mass is 32.2. The van der Waals surface area contributed by atoms with E-state index in [2.05, 4.69) is 26.7 Å². The van der Waals surface area contributed by atoms with E-state index < -0.39 is 0 Å². The van der Waals surface area contributed by atoms with E-state index in [0.717, 1.165) is 49.4 Å². The topological polar surface area (TPSA) is 61.0 Å². The largest absolute Gasteiger partial charge is 0.326 e. The van der Waals surface area contributed by atoms with Gasteiger partial charge in [0.05, 0.1) is 5.69 Å². The van der Waals surface area contributed by atoms with Gasteiger partial charge in [-0.2, -0.15) is 16.9 Å². The molecule has 0 bridgehead atoms. The van der Waals surface area contributed by atoms with E-state index in [9.17, 15) is 4.79 Å². The van der Waals surface area contributed by atoms with Gasteiger partial charge in [-0.15, -0.1) is 0 Å². The Kier molecular flexibility index (Phi) is 6.53. The molecule has 1 amide bonds. The van der Waals surface area contributed by atoms with E-state index in [0.29, 0.717) is 0 Å². The summed E-state index contributed by atoms with van der Waals surface area (Å²) in [5, 5.41) is 10.0. The van der Waals surface area contributed by atoms with Gasteiger partial charge in [-0.3, -0.25) is 9.89 Å². The highest BCUT2D eigenvalue weighted by molar-refractivity contribution is 7.98. The second kappa shape index (κ2) is 9.06. The van der Waals surface area contributed by atoms with Crippen molar-refractivity contribution in [1.82, 2.24) is 15.1 Å². The van der Waals surface area contributed by atoms with Crippen LogP contribution in [-0.4, -0.2) is 52.6 Å². The molecule has 1 aliphatic heterocycles. The number of aromatic nitrogens is 2. The van der Waals surface area contributed by atoms with Crippen molar-refractivity contribution in [1.29, 1.82) is 0 Å². The molecule has 3 rings (SSSR count). The Bertz CT molecular complexity index is 666. The predicted octanol–water partition coefficient (Wildman–Crippen LogP) is 3.48. The third-order valence-electron chi connectivity index (χ3n) is 4.72. The fraction of sp³-hybridized carbons (Fsp3) is 0.474. The number of anilines is 1. The van der Waals surface area contributed by atoms with Crippen LogP contribution in [0, 0.1) is 5.92 Å². The Hall–Kier alpha value is -1.79. The van der Waals surface area contributed by atoms with Gasteiger partial charge in [0.25, 0.3) is 0 Å². The van der Waals surface area contributed by atoms with Crippen LogP contribution in [0.2, 0.25) is 0 Å². The fourth-order valence-corrected chi connectivity index (χ4v) is 3.69. The number of carbonyl (C=O) groups is 1. The maximum absolute atomic E-state index is 12.6. The predicted molar refractivity (Wildman–Crippen MR) is 105 cm³/mol. The molecule has 2 aromatic rings. The Morgan fingerprint density at radius 1 is 1.36 bits per heavy atom. The molecule has 1 aromatic heterocycles.